The first-order valence-electron chi connectivity index (χ1n) is 9.60. The average Bonchev–Trinajstić information content (AvgIpc) is 3.13. The molecule has 0 radical (unpaired) electrons. The molecule has 0 saturated heterocycles. The Kier molecular flexibility index (Phi) is 4.25. The molecule has 1 heterocycles. The van der Waals surface area contributed by atoms with Gasteiger partial charge in [0.1, 0.15) is 0 Å². The largest absolute Gasteiger partial charge is 0.478 e. The molecule has 1 aliphatic heterocycles. The van der Waals surface area contributed by atoms with Crippen LogP contribution in [0.4, 0.5) is 11.4 Å². The minimum Gasteiger partial charge on any atom is -0.478 e. The van der Waals surface area contributed by atoms with Crippen LogP contribution in [-0.4, -0.2) is 16.0 Å². The van der Waals surface area contributed by atoms with Gasteiger partial charge >= 0.3 is 5.97 Å². The quantitative estimate of drug-likeness (QED) is 0.436. The second kappa shape index (κ2) is 6.85. The minimum atomic E-state index is -1.02. The molecular weight excluding hydrogens is 404 g/mol. The Morgan fingerprint density at radius 1 is 1.07 bits per heavy atom. The van der Waals surface area contributed by atoms with Crippen molar-refractivity contribution >= 4 is 28.9 Å². The third kappa shape index (κ3) is 2.75. The first-order valence-corrected chi connectivity index (χ1v) is 9.98. The molecule has 0 bridgehead atoms. The van der Waals surface area contributed by atoms with E-state index in [1.807, 2.05) is 18.2 Å². The highest BCUT2D eigenvalue weighted by atomic mass is 35.5. The Morgan fingerprint density at radius 2 is 1.83 bits per heavy atom. The van der Waals surface area contributed by atoms with Gasteiger partial charge in [0.2, 0.25) is 0 Å². The number of non-ortho nitro benzene ring substituents is 1. The molecule has 0 unspecified atom stereocenters. The first-order chi connectivity index (χ1) is 14.5. The number of fused-ring (bicyclic) bond motifs is 5. The van der Waals surface area contributed by atoms with E-state index < -0.39 is 10.9 Å². The molecule has 0 aromatic heterocycles. The number of aromatic carboxylic acids is 1. The fraction of sp³-hybridized carbons (Fsp3) is 0.174. The van der Waals surface area contributed by atoms with E-state index in [1.165, 1.54) is 29.3 Å². The van der Waals surface area contributed by atoms with E-state index in [9.17, 15) is 20.0 Å². The number of hydrogen-bond donors (Lipinski definition) is 2. The Hall–Kier alpha value is -3.38. The molecule has 1 aliphatic carbocycles. The Morgan fingerprint density at radius 3 is 2.60 bits per heavy atom. The van der Waals surface area contributed by atoms with E-state index in [1.54, 1.807) is 12.1 Å². The number of nitro groups is 1. The molecule has 30 heavy (non-hydrogen) atoms. The van der Waals surface area contributed by atoms with Crippen LogP contribution in [0.25, 0.3) is 0 Å². The summed E-state index contributed by atoms with van der Waals surface area (Å²) in [4.78, 5) is 22.8. The lowest BCUT2D eigenvalue weighted by atomic mass is 9.75. The molecule has 0 fully saturated rings. The number of hydrogen-bond acceptors (Lipinski definition) is 4. The third-order valence-corrected chi connectivity index (χ3v) is 6.53. The number of halogens is 1. The standard InChI is InChI=1S/C23H17ClN2O4/c24-19-9-8-13(26(29)30)11-17(19)22-18-10-12-4-1-2-5-14(12)20(18)15-6-3-7-16(23(27)28)21(15)25-22/h1-9,11,18,20,22,25H,10H2,(H,27,28)/t18-,20-,22-/m1/s1. The Labute approximate surface area is 177 Å². The summed E-state index contributed by atoms with van der Waals surface area (Å²) < 4.78 is 0. The van der Waals surface area contributed by atoms with E-state index >= 15 is 0 Å². The van der Waals surface area contributed by atoms with E-state index in [2.05, 4.69) is 17.4 Å². The van der Waals surface area contributed by atoms with Crippen LogP contribution >= 0.6 is 11.6 Å². The summed E-state index contributed by atoms with van der Waals surface area (Å²) in [6, 6.07) is 17.5. The van der Waals surface area contributed by atoms with Crippen molar-refractivity contribution in [2.45, 2.75) is 18.4 Å². The van der Waals surface area contributed by atoms with Gasteiger partial charge in [-0.3, -0.25) is 10.1 Å². The summed E-state index contributed by atoms with van der Waals surface area (Å²) in [5, 5.41) is 24.9. The maximum absolute atomic E-state index is 11.9. The van der Waals surface area contributed by atoms with Gasteiger partial charge in [-0.15, -0.1) is 0 Å². The van der Waals surface area contributed by atoms with Crippen LogP contribution in [0.5, 0.6) is 0 Å². The lowest BCUT2D eigenvalue weighted by Gasteiger charge is -2.38. The number of nitro benzene ring substituents is 1. The second-order valence-electron chi connectivity index (χ2n) is 7.70. The zero-order chi connectivity index (χ0) is 21.0. The van der Waals surface area contributed by atoms with Crippen molar-refractivity contribution in [2.24, 2.45) is 5.92 Å². The zero-order valence-electron chi connectivity index (χ0n) is 15.7. The van der Waals surface area contributed by atoms with Crippen molar-refractivity contribution < 1.29 is 14.8 Å². The van der Waals surface area contributed by atoms with Crippen LogP contribution < -0.4 is 5.32 Å². The van der Waals surface area contributed by atoms with Crippen LogP contribution in [-0.2, 0) is 6.42 Å². The summed E-state index contributed by atoms with van der Waals surface area (Å²) in [5.74, 6) is -0.983. The fourth-order valence-corrected chi connectivity index (χ4v) is 5.19. The molecule has 150 valence electrons. The maximum Gasteiger partial charge on any atom is 0.337 e. The van der Waals surface area contributed by atoms with E-state index in [0.29, 0.717) is 16.3 Å². The molecule has 6 nitrogen and oxygen atoms in total. The normalized spacial score (nSPS) is 21.2. The van der Waals surface area contributed by atoms with Crippen molar-refractivity contribution in [3.05, 3.63) is 104 Å². The van der Waals surface area contributed by atoms with Crippen molar-refractivity contribution in [1.82, 2.24) is 0 Å². The van der Waals surface area contributed by atoms with Crippen LogP contribution in [0.3, 0.4) is 0 Å². The van der Waals surface area contributed by atoms with Gasteiger partial charge in [0.05, 0.1) is 22.2 Å². The van der Waals surface area contributed by atoms with Crippen LogP contribution in [0.2, 0.25) is 5.02 Å². The predicted molar refractivity (Wildman–Crippen MR) is 113 cm³/mol. The third-order valence-electron chi connectivity index (χ3n) is 6.19. The summed E-state index contributed by atoms with van der Waals surface area (Å²) >= 11 is 6.49. The predicted octanol–water partition coefficient (Wildman–Crippen LogP) is 5.42. The number of para-hydroxylation sites is 1. The van der Waals surface area contributed by atoms with Crippen molar-refractivity contribution in [1.29, 1.82) is 0 Å². The summed E-state index contributed by atoms with van der Waals surface area (Å²) in [7, 11) is 0. The number of carboxylic acid groups (broad SMARTS) is 1. The molecule has 3 aromatic rings. The molecule has 2 N–H and O–H groups in total. The highest BCUT2D eigenvalue weighted by molar-refractivity contribution is 6.31. The smallest absolute Gasteiger partial charge is 0.337 e. The molecule has 2 aliphatic rings. The van der Waals surface area contributed by atoms with Gasteiger partial charge < -0.3 is 10.4 Å². The van der Waals surface area contributed by atoms with Crippen LogP contribution in [0.1, 0.15) is 44.6 Å². The van der Waals surface area contributed by atoms with Gasteiger partial charge in [-0.2, -0.15) is 0 Å². The number of rotatable bonds is 3. The molecule has 3 aromatic carbocycles. The molecule has 3 atom stereocenters. The molecule has 0 saturated carbocycles. The molecule has 0 spiro atoms. The number of carboxylic acids is 1. The minimum absolute atomic E-state index is 0.0166. The summed E-state index contributed by atoms with van der Waals surface area (Å²) in [6.45, 7) is 0. The number of carbonyl (C=O) groups is 1. The summed E-state index contributed by atoms with van der Waals surface area (Å²) in [5.41, 5.74) is 4.61. The Balaban J connectivity index is 1.74. The number of nitrogens with one attached hydrogen (secondary N) is 1. The number of anilines is 1. The van der Waals surface area contributed by atoms with Gasteiger partial charge in [0.25, 0.3) is 5.69 Å². The molecule has 5 rings (SSSR count). The topological polar surface area (TPSA) is 92.5 Å². The van der Waals surface area contributed by atoms with Gasteiger partial charge in [0, 0.05) is 28.6 Å². The van der Waals surface area contributed by atoms with Crippen molar-refractivity contribution in [3.63, 3.8) is 0 Å². The number of nitrogens with zero attached hydrogens (tertiary/aromatic N) is 1. The highest BCUT2D eigenvalue weighted by Crippen LogP contribution is 2.55. The van der Waals surface area contributed by atoms with Gasteiger partial charge in [0.15, 0.2) is 0 Å². The Bertz CT molecular complexity index is 1210. The summed E-state index contributed by atoms with van der Waals surface area (Å²) in [6.07, 6.45) is 0.772. The van der Waals surface area contributed by atoms with Crippen LogP contribution in [0, 0.1) is 16.0 Å². The number of benzene rings is 3. The molecule has 0 amide bonds. The van der Waals surface area contributed by atoms with Crippen LogP contribution in [0.15, 0.2) is 60.7 Å². The van der Waals surface area contributed by atoms with Gasteiger partial charge in [-0.25, -0.2) is 4.79 Å². The SMILES string of the molecule is O=C(O)c1cccc2c1N[C@H](c1cc([N+](=O)[O-])ccc1Cl)[C@@H]1Cc3ccccc3[C@H]21. The maximum atomic E-state index is 11.9. The van der Waals surface area contributed by atoms with Crippen molar-refractivity contribution in [2.75, 3.05) is 5.32 Å². The fourth-order valence-electron chi connectivity index (χ4n) is 4.96. The lowest BCUT2D eigenvalue weighted by Crippen LogP contribution is -2.31. The van der Waals surface area contributed by atoms with E-state index in [0.717, 1.165) is 12.0 Å². The first kappa shape index (κ1) is 18.6. The lowest BCUT2D eigenvalue weighted by molar-refractivity contribution is -0.384. The van der Waals surface area contributed by atoms with Gasteiger partial charge in [-0.1, -0.05) is 48.0 Å². The molecule has 7 heteroatoms. The van der Waals surface area contributed by atoms with E-state index in [4.69, 9.17) is 11.6 Å². The monoisotopic (exact) mass is 420 g/mol. The zero-order valence-corrected chi connectivity index (χ0v) is 16.5. The highest BCUT2D eigenvalue weighted by Gasteiger charge is 2.45. The average molecular weight is 421 g/mol. The van der Waals surface area contributed by atoms with Crippen molar-refractivity contribution in [3.8, 4) is 0 Å². The van der Waals surface area contributed by atoms with Gasteiger partial charge in [-0.05, 0) is 41.2 Å². The van der Waals surface area contributed by atoms with E-state index in [-0.39, 0.29) is 29.1 Å². The second-order valence-corrected chi connectivity index (χ2v) is 8.11. The molecular formula is C23H17ClN2O4.